The fourth-order valence-electron chi connectivity index (χ4n) is 1.48. The highest BCUT2D eigenvalue weighted by molar-refractivity contribution is 7.99. The molecule has 7 heteroatoms. The number of hydrogen-bond acceptors (Lipinski definition) is 5. The first-order chi connectivity index (χ1) is 8.70. The summed E-state index contributed by atoms with van der Waals surface area (Å²) >= 11 is 1.56. The van der Waals surface area contributed by atoms with Gasteiger partial charge in [0.15, 0.2) is 0 Å². The Labute approximate surface area is 109 Å². The van der Waals surface area contributed by atoms with Gasteiger partial charge >= 0.3 is 0 Å². The molecule has 0 spiro atoms. The van der Waals surface area contributed by atoms with Crippen LogP contribution in [-0.4, -0.2) is 31.9 Å². The molecule has 2 rings (SSSR count). The third kappa shape index (κ3) is 2.86. The van der Waals surface area contributed by atoms with Gasteiger partial charge in [-0.05, 0) is 34.4 Å². The lowest BCUT2D eigenvalue weighted by molar-refractivity contribution is -0.114. The molecule has 0 unspecified atom stereocenters. The Bertz CT molecular complexity index is 554. The Kier molecular flexibility index (Phi) is 3.93. The fraction of sp³-hybridized carbons (Fsp3) is 0.273. The summed E-state index contributed by atoms with van der Waals surface area (Å²) in [7, 11) is 0. The Balaban J connectivity index is 2.32. The van der Waals surface area contributed by atoms with E-state index in [0.717, 1.165) is 22.3 Å². The van der Waals surface area contributed by atoms with Crippen LogP contribution in [0.1, 0.15) is 13.8 Å². The number of thioether (sulfide) groups is 1. The predicted molar refractivity (Wildman–Crippen MR) is 69.9 cm³/mol. The number of anilines is 1. The van der Waals surface area contributed by atoms with E-state index >= 15 is 0 Å². The van der Waals surface area contributed by atoms with Crippen molar-refractivity contribution in [1.82, 2.24) is 20.2 Å². The lowest BCUT2D eigenvalue weighted by atomic mass is 10.3. The minimum Gasteiger partial charge on any atom is -0.326 e. The van der Waals surface area contributed by atoms with Crippen LogP contribution in [0.4, 0.5) is 5.69 Å². The molecule has 0 saturated carbocycles. The van der Waals surface area contributed by atoms with E-state index < -0.39 is 0 Å². The van der Waals surface area contributed by atoms with Crippen molar-refractivity contribution in [3.8, 4) is 5.69 Å². The Morgan fingerprint density at radius 3 is 3.06 bits per heavy atom. The van der Waals surface area contributed by atoms with Crippen LogP contribution in [0, 0.1) is 0 Å². The lowest BCUT2D eigenvalue weighted by Crippen LogP contribution is -2.06. The van der Waals surface area contributed by atoms with E-state index in [1.54, 1.807) is 16.4 Å². The molecular formula is C11H13N5OS. The zero-order chi connectivity index (χ0) is 13.0. The highest BCUT2D eigenvalue weighted by atomic mass is 32.2. The van der Waals surface area contributed by atoms with Gasteiger partial charge < -0.3 is 5.32 Å². The van der Waals surface area contributed by atoms with E-state index in [-0.39, 0.29) is 5.91 Å². The summed E-state index contributed by atoms with van der Waals surface area (Å²) in [5.41, 5.74) is 1.55. The second kappa shape index (κ2) is 5.63. The zero-order valence-electron chi connectivity index (χ0n) is 10.1. The van der Waals surface area contributed by atoms with Gasteiger partial charge in [0.25, 0.3) is 0 Å². The fourth-order valence-corrected chi connectivity index (χ4v) is 2.10. The number of aromatic nitrogens is 4. The van der Waals surface area contributed by atoms with Gasteiger partial charge in [0.05, 0.1) is 5.69 Å². The molecule has 1 N–H and O–H groups in total. The maximum atomic E-state index is 11.0. The number of tetrazole rings is 1. The third-order valence-electron chi connectivity index (χ3n) is 2.13. The molecule has 0 aliphatic rings. The summed E-state index contributed by atoms with van der Waals surface area (Å²) in [6.45, 7) is 3.51. The Morgan fingerprint density at radius 1 is 1.50 bits per heavy atom. The van der Waals surface area contributed by atoms with Crippen LogP contribution in [0.15, 0.2) is 29.4 Å². The molecule has 1 amide bonds. The van der Waals surface area contributed by atoms with Crippen molar-refractivity contribution < 1.29 is 4.79 Å². The van der Waals surface area contributed by atoms with Crippen molar-refractivity contribution in [3.05, 3.63) is 24.3 Å². The number of benzene rings is 1. The van der Waals surface area contributed by atoms with Crippen LogP contribution in [0.25, 0.3) is 5.69 Å². The third-order valence-corrected chi connectivity index (χ3v) is 2.93. The van der Waals surface area contributed by atoms with Crippen molar-refractivity contribution in [2.24, 2.45) is 0 Å². The topological polar surface area (TPSA) is 72.7 Å². The van der Waals surface area contributed by atoms with Gasteiger partial charge in [-0.1, -0.05) is 24.8 Å². The second-order valence-electron chi connectivity index (χ2n) is 3.54. The van der Waals surface area contributed by atoms with Crippen LogP contribution in [0.2, 0.25) is 0 Å². The maximum absolute atomic E-state index is 11.0. The molecule has 18 heavy (non-hydrogen) atoms. The molecule has 1 aromatic heterocycles. The van der Waals surface area contributed by atoms with Crippen LogP contribution < -0.4 is 5.32 Å². The number of carbonyl (C=O) groups excluding carboxylic acids is 1. The summed E-state index contributed by atoms with van der Waals surface area (Å²) < 4.78 is 1.65. The molecule has 0 aliphatic heterocycles. The number of nitrogens with one attached hydrogen (secondary N) is 1. The van der Waals surface area contributed by atoms with E-state index in [0.29, 0.717) is 0 Å². The first kappa shape index (κ1) is 12.6. The maximum Gasteiger partial charge on any atom is 0.221 e. The van der Waals surface area contributed by atoms with Crippen molar-refractivity contribution in [1.29, 1.82) is 0 Å². The average Bonchev–Trinajstić information content (AvgIpc) is 2.77. The largest absolute Gasteiger partial charge is 0.326 e. The second-order valence-corrected chi connectivity index (χ2v) is 4.77. The van der Waals surface area contributed by atoms with Crippen LogP contribution in [0.5, 0.6) is 0 Å². The van der Waals surface area contributed by atoms with Gasteiger partial charge in [-0.15, -0.1) is 5.10 Å². The van der Waals surface area contributed by atoms with Crippen LogP contribution in [-0.2, 0) is 4.79 Å². The number of rotatable bonds is 4. The monoisotopic (exact) mass is 263 g/mol. The SMILES string of the molecule is CCSc1nnnn1-c1cccc(NC(C)=O)c1. The summed E-state index contributed by atoms with van der Waals surface area (Å²) in [6, 6.07) is 7.39. The molecule has 0 saturated heterocycles. The van der Waals surface area contributed by atoms with Crippen molar-refractivity contribution in [3.63, 3.8) is 0 Å². The number of amides is 1. The molecule has 94 valence electrons. The van der Waals surface area contributed by atoms with E-state index in [2.05, 4.69) is 20.8 Å². The Hall–Kier alpha value is -1.89. The molecule has 1 heterocycles. The summed E-state index contributed by atoms with van der Waals surface area (Å²) in [5.74, 6) is 0.790. The van der Waals surface area contributed by atoms with Crippen molar-refractivity contribution in [2.75, 3.05) is 11.1 Å². The Morgan fingerprint density at radius 2 is 2.33 bits per heavy atom. The molecule has 0 atom stereocenters. The molecule has 0 bridgehead atoms. The smallest absolute Gasteiger partial charge is 0.221 e. The zero-order valence-corrected chi connectivity index (χ0v) is 10.9. The van der Waals surface area contributed by atoms with Gasteiger partial charge in [-0.2, -0.15) is 4.68 Å². The van der Waals surface area contributed by atoms with E-state index in [4.69, 9.17) is 0 Å². The van der Waals surface area contributed by atoms with Crippen molar-refractivity contribution in [2.45, 2.75) is 19.0 Å². The first-order valence-electron chi connectivity index (χ1n) is 5.50. The minimum absolute atomic E-state index is 0.105. The number of nitrogens with zero attached hydrogens (tertiary/aromatic N) is 4. The summed E-state index contributed by atoms with van der Waals surface area (Å²) in [4.78, 5) is 11.0. The van der Waals surface area contributed by atoms with Gasteiger partial charge in [0.2, 0.25) is 11.1 Å². The normalized spacial score (nSPS) is 10.3. The standard InChI is InChI=1S/C11H13N5OS/c1-3-18-11-13-14-15-16(11)10-6-4-5-9(7-10)12-8(2)17/h4-7H,3H2,1-2H3,(H,12,17). The molecular weight excluding hydrogens is 250 g/mol. The molecule has 0 aliphatic carbocycles. The van der Waals surface area contributed by atoms with Gasteiger partial charge in [-0.3, -0.25) is 4.79 Å². The minimum atomic E-state index is -0.105. The quantitative estimate of drug-likeness (QED) is 0.850. The van der Waals surface area contributed by atoms with Crippen LogP contribution >= 0.6 is 11.8 Å². The summed E-state index contributed by atoms with van der Waals surface area (Å²) in [5, 5.41) is 15.0. The highest BCUT2D eigenvalue weighted by Gasteiger charge is 2.08. The predicted octanol–water partition coefficient (Wildman–Crippen LogP) is 1.73. The van der Waals surface area contributed by atoms with E-state index in [9.17, 15) is 4.79 Å². The molecule has 2 aromatic rings. The summed E-state index contributed by atoms with van der Waals surface area (Å²) in [6.07, 6.45) is 0. The van der Waals surface area contributed by atoms with Gasteiger partial charge in [-0.25, -0.2) is 0 Å². The number of carbonyl (C=O) groups is 1. The molecule has 6 nitrogen and oxygen atoms in total. The van der Waals surface area contributed by atoms with Crippen molar-refractivity contribution >= 4 is 23.4 Å². The van der Waals surface area contributed by atoms with Gasteiger partial charge in [0, 0.05) is 12.6 Å². The molecule has 0 fully saturated rings. The molecule has 1 aromatic carbocycles. The highest BCUT2D eigenvalue weighted by Crippen LogP contribution is 2.19. The van der Waals surface area contributed by atoms with Gasteiger partial charge in [0.1, 0.15) is 0 Å². The van der Waals surface area contributed by atoms with E-state index in [1.165, 1.54) is 6.92 Å². The molecule has 0 radical (unpaired) electrons. The first-order valence-corrected chi connectivity index (χ1v) is 6.48. The van der Waals surface area contributed by atoms with Crippen LogP contribution in [0.3, 0.4) is 0 Å². The average molecular weight is 263 g/mol. The number of hydrogen-bond donors (Lipinski definition) is 1. The van der Waals surface area contributed by atoms with E-state index in [1.807, 2.05) is 31.2 Å². The lowest BCUT2D eigenvalue weighted by Gasteiger charge is -2.06.